The van der Waals surface area contributed by atoms with Crippen LogP contribution in [0.4, 0.5) is 0 Å². The van der Waals surface area contributed by atoms with E-state index in [9.17, 15) is 4.79 Å². The van der Waals surface area contributed by atoms with Gasteiger partial charge in [0.2, 0.25) is 0 Å². The normalized spacial score (nSPS) is 14.6. The fourth-order valence-corrected chi connectivity index (χ4v) is 1.87. The van der Waals surface area contributed by atoms with Gasteiger partial charge in [-0.15, -0.1) is 0 Å². The van der Waals surface area contributed by atoms with Gasteiger partial charge in [0.1, 0.15) is 0 Å². The summed E-state index contributed by atoms with van der Waals surface area (Å²) in [5.41, 5.74) is 2.39. The van der Waals surface area contributed by atoms with Crippen LogP contribution in [-0.4, -0.2) is 30.1 Å². The largest absolute Gasteiger partial charge is 0.481 e. The van der Waals surface area contributed by atoms with E-state index >= 15 is 0 Å². The van der Waals surface area contributed by atoms with Gasteiger partial charge >= 0.3 is 5.97 Å². The van der Waals surface area contributed by atoms with Crippen molar-refractivity contribution in [3.8, 4) is 0 Å². The number of benzene rings is 1. The van der Waals surface area contributed by atoms with Crippen LogP contribution < -0.4 is 0 Å². The number of nitrogens with zero attached hydrogens (tertiary/aromatic N) is 1. The molecule has 2 atom stereocenters. The van der Waals surface area contributed by atoms with E-state index in [2.05, 4.69) is 29.2 Å². The molecule has 0 saturated carbocycles. The average molecular weight is 235 g/mol. The molecule has 1 rings (SSSR count). The number of aryl methyl sites for hydroxylation is 1. The molecule has 0 saturated heterocycles. The van der Waals surface area contributed by atoms with Gasteiger partial charge in [0.05, 0.1) is 5.92 Å². The van der Waals surface area contributed by atoms with Gasteiger partial charge in [0.15, 0.2) is 0 Å². The second kappa shape index (κ2) is 5.82. The summed E-state index contributed by atoms with van der Waals surface area (Å²) in [6.07, 6.45) is 0.630. The summed E-state index contributed by atoms with van der Waals surface area (Å²) < 4.78 is 0. The molecule has 3 nitrogen and oxygen atoms in total. The minimum atomic E-state index is -0.732. The van der Waals surface area contributed by atoms with Crippen molar-refractivity contribution in [3.05, 3.63) is 35.4 Å². The Kier molecular flexibility index (Phi) is 4.70. The highest BCUT2D eigenvalue weighted by molar-refractivity contribution is 5.69. The highest BCUT2D eigenvalue weighted by Gasteiger charge is 2.21. The minimum Gasteiger partial charge on any atom is -0.481 e. The SMILES string of the molecule is Cc1ccc(C(CC(C)C(=O)O)N(C)C)cc1. The fourth-order valence-electron chi connectivity index (χ4n) is 1.87. The van der Waals surface area contributed by atoms with Crippen molar-refractivity contribution < 1.29 is 9.90 Å². The Hall–Kier alpha value is -1.35. The summed E-state index contributed by atoms with van der Waals surface area (Å²) in [5.74, 6) is -1.06. The highest BCUT2D eigenvalue weighted by atomic mass is 16.4. The quantitative estimate of drug-likeness (QED) is 0.853. The predicted molar refractivity (Wildman–Crippen MR) is 69.0 cm³/mol. The molecule has 0 aromatic heterocycles. The van der Waals surface area contributed by atoms with Crippen molar-refractivity contribution in [2.24, 2.45) is 5.92 Å². The van der Waals surface area contributed by atoms with Crippen LogP contribution in [0.2, 0.25) is 0 Å². The van der Waals surface area contributed by atoms with Crippen LogP contribution in [0.1, 0.15) is 30.5 Å². The lowest BCUT2D eigenvalue weighted by molar-refractivity contribution is -0.141. The zero-order chi connectivity index (χ0) is 13.0. The highest BCUT2D eigenvalue weighted by Crippen LogP contribution is 2.26. The molecule has 2 unspecified atom stereocenters. The Morgan fingerprint density at radius 3 is 2.24 bits per heavy atom. The third-order valence-corrected chi connectivity index (χ3v) is 3.08. The molecular formula is C14H21NO2. The molecule has 0 fully saturated rings. The van der Waals surface area contributed by atoms with Crippen molar-refractivity contribution in [1.82, 2.24) is 4.90 Å². The van der Waals surface area contributed by atoms with Crippen molar-refractivity contribution >= 4 is 5.97 Å². The number of carbonyl (C=O) groups is 1. The van der Waals surface area contributed by atoms with E-state index in [1.54, 1.807) is 6.92 Å². The van der Waals surface area contributed by atoms with Gasteiger partial charge in [-0.05, 0) is 33.0 Å². The summed E-state index contributed by atoms with van der Waals surface area (Å²) in [4.78, 5) is 13.0. The number of rotatable bonds is 5. The molecule has 94 valence electrons. The Balaban J connectivity index is 2.86. The van der Waals surface area contributed by atoms with E-state index in [0.717, 1.165) is 0 Å². The molecular weight excluding hydrogens is 214 g/mol. The average Bonchev–Trinajstić information content (AvgIpc) is 2.26. The van der Waals surface area contributed by atoms with Gasteiger partial charge in [-0.3, -0.25) is 4.79 Å². The molecule has 0 heterocycles. The van der Waals surface area contributed by atoms with Crippen LogP contribution in [0.5, 0.6) is 0 Å². The summed E-state index contributed by atoms with van der Waals surface area (Å²) in [6, 6.07) is 8.44. The molecule has 0 aliphatic rings. The minimum absolute atomic E-state index is 0.154. The summed E-state index contributed by atoms with van der Waals surface area (Å²) in [6.45, 7) is 3.81. The molecule has 0 radical (unpaired) electrons. The maximum atomic E-state index is 10.9. The Bertz CT molecular complexity index is 370. The van der Waals surface area contributed by atoms with Crippen LogP contribution in [0.25, 0.3) is 0 Å². The smallest absolute Gasteiger partial charge is 0.306 e. The predicted octanol–water partition coefficient (Wildman–Crippen LogP) is 2.71. The van der Waals surface area contributed by atoms with E-state index in [0.29, 0.717) is 6.42 Å². The maximum absolute atomic E-state index is 10.9. The van der Waals surface area contributed by atoms with Gasteiger partial charge in [0.25, 0.3) is 0 Å². The van der Waals surface area contributed by atoms with Gasteiger partial charge in [0, 0.05) is 6.04 Å². The summed E-state index contributed by atoms with van der Waals surface area (Å²) >= 11 is 0. The first kappa shape index (κ1) is 13.7. The number of carboxylic acids is 1. The third kappa shape index (κ3) is 3.86. The van der Waals surface area contributed by atoms with Gasteiger partial charge in [-0.2, -0.15) is 0 Å². The molecule has 0 bridgehead atoms. The molecule has 1 aromatic rings. The van der Waals surface area contributed by atoms with Crippen molar-refractivity contribution in [3.63, 3.8) is 0 Å². The number of hydrogen-bond donors (Lipinski definition) is 1. The second-order valence-electron chi connectivity index (χ2n) is 4.87. The molecule has 0 amide bonds. The van der Waals surface area contributed by atoms with Crippen LogP contribution in [0.3, 0.4) is 0 Å². The van der Waals surface area contributed by atoms with E-state index in [-0.39, 0.29) is 12.0 Å². The summed E-state index contributed by atoms with van der Waals surface area (Å²) in [5, 5.41) is 8.99. The monoisotopic (exact) mass is 235 g/mol. The van der Waals surface area contributed by atoms with Gasteiger partial charge in [-0.1, -0.05) is 36.8 Å². The Morgan fingerprint density at radius 2 is 1.82 bits per heavy atom. The van der Waals surface area contributed by atoms with Crippen LogP contribution >= 0.6 is 0 Å². The van der Waals surface area contributed by atoms with Gasteiger partial charge < -0.3 is 10.0 Å². The lowest BCUT2D eigenvalue weighted by Crippen LogP contribution is -2.24. The molecule has 0 aliphatic heterocycles. The van der Waals surface area contributed by atoms with Crippen molar-refractivity contribution in [1.29, 1.82) is 0 Å². The Labute approximate surface area is 103 Å². The fraction of sp³-hybridized carbons (Fsp3) is 0.500. The molecule has 17 heavy (non-hydrogen) atoms. The molecule has 0 aliphatic carbocycles. The number of carboxylic acid groups (broad SMARTS) is 1. The zero-order valence-electron chi connectivity index (χ0n) is 11.0. The van der Waals surface area contributed by atoms with Crippen LogP contribution in [-0.2, 0) is 4.79 Å². The standard InChI is InChI=1S/C14H21NO2/c1-10-5-7-12(8-6-10)13(15(3)4)9-11(2)14(16)17/h5-8,11,13H,9H2,1-4H3,(H,16,17). The lowest BCUT2D eigenvalue weighted by Gasteiger charge is -2.26. The molecule has 1 aromatic carbocycles. The molecule has 1 N–H and O–H groups in total. The van der Waals surface area contributed by atoms with Crippen molar-refractivity contribution in [2.45, 2.75) is 26.3 Å². The van der Waals surface area contributed by atoms with Crippen LogP contribution in [0, 0.1) is 12.8 Å². The molecule has 3 heteroatoms. The second-order valence-corrected chi connectivity index (χ2v) is 4.87. The number of aliphatic carboxylic acids is 1. The van der Waals surface area contributed by atoms with Gasteiger partial charge in [-0.25, -0.2) is 0 Å². The first-order chi connectivity index (χ1) is 7.91. The maximum Gasteiger partial charge on any atom is 0.306 e. The lowest BCUT2D eigenvalue weighted by atomic mass is 9.94. The summed E-state index contributed by atoms with van der Waals surface area (Å²) in [7, 11) is 3.97. The zero-order valence-corrected chi connectivity index (χ0v) is 11.0. The van der Waals surface area contributed by atoms with Crippen molar-refractivity contribution in [2.75, 3.05) is 14.1 Å². The Morgan fingerprint density at radius 1 is 1.29 bits per heavy atom. The topological polar surface area (TPSA) is 40.5 Å². The first-order valence-electron chi connectivity index (χ1n) is 5.87. The van der Waals surface area contributed by atoms with E-state index in [1.807, 2.05) is 21.0 Å². The van der Waals surface area contributed by atoms with E-state index < -0.39 is 5.97 Å². The molecule has 0 spiro atoms. The van der Waals surface area contributed by atoms with Crippen LogP contribution in [0.15, 0.2) is 24.3 Å². The first-order valence-corrected chi connectivity index (χ1v) is 5.87. The van der Waals surface area contributed by atoms with E-state index in [4.69, 9.17) is 5.11 Å². The number of hydrogen-bond acceptors (Lipinski definition) is 2. The third-order valence-electron chi connectivity index (χ3n) is 3.08. The van der Waals surface area contributed by atoms with E-state index in [1.165, 1.54) is 11.1 Å².